The van der Waals surface area contributed by atoms with Crippen molar-refractivity contribution in [1.82, 2.24) is 4.98 Å². The molecule has 1 aromatic heterocycles. The van der Waals surface area contributed by atoms with Crippen LogP contribution in [0.15, 0.2) is 53.9 Å². The summed E-state index contributed by atoms with van der Waals surface area (Å²) in [6, 6.07) is 15.0. The first-order valence-electron chi connectivity index (χ1n) is 6.96. The van der Waals surface area contributed by atoms with Crippen LogP contribution in [-0.2, 0) is 0 Å². The van der Waals surface area contributed by atoms with Crippen LogP contribution in [0.2, 0.25) is 5.02 Å². The van der Waals surface area contributed by atoms with E-state index >= 15 is 0 Å². The van der Waals surface area contributed by atoms with Crippen LogP contribution in [-0.4, -0.2) is 10.9 Å². The number of anilines is 3. The smallest absolute Gasteiger partial charge is 0.275 e. The molecule has 23 heavy (non-hydrogen) atoms. The van der Waals surface area contributed by atoms with Crippen molar-refractivity contribution in [2.24, 2.45) is 0 Å². The first-order chi connectivity index (χ1) is 11.1. The molecule has 6 heteroatoms. The van der Waals surface area contributed by atoms with Crippen LogP contribution in [0.1, 0.15) is 16.1 Å². The number of hydrogen-bond acceptors (Lipinski definition) is 4. The van der Waals surface area contributed by atoms with Crippen molar-refractivity contribution >= 4 is 45.4 Å². The molecule has 0 aliphatic heterocycles. The van der Waals surface area contributed by atoms with Gasteiger partial charge in [0.2, 0.25) is 0 Å². The number of halogens is 1. The van der Waals surface area contributed by atoms with Crippen molar-refractivity contribution in [1.29, 1.82) is 0 Å². The van der Waals surface area contributed by atoms with Crippen LogP contribution in [0.5, 0.6) is 0 Å². The Labute approximate surface area is 143 Å². The van der Waals surface area contributed by atoms with E-state index in [1.807, 2.05) is 43.3 Å². The molecule has 0 radical (unpaired) electrons. The molecule has 0 aliphatic rings. The van der Waals surface area contributed by atoms with Crippen LogP contribution in [0.3, 0.4) is 0 Å². The van der Waals surface area contributed by atoms with Crippen molar-refractivity contribution in [3.05, 3.63) is 70.2 Å². The normalized spacial score (nSPS) is 10.3. The minimum atomic E-state index is -0.232. The summed E-state index contributed by atoms with van der Waals surface area (Å²) in [5, 5.41) is 8.96. The Morgan fingerprint density at radius 2 is 1.91 bits per heavy atom. The Morgan fingerprint density at radius 1 is 1.13 bits per heavy atom. The van der Waals surface area contributed by atoms with E-state index in [2.05, 4.69) is 15.6 Å². The maximum absolute atomic E-state index is 12.2. The lowest BCUT2D eigenvalue weighted by atomic mass is 10.2. The predicted octanol–water partition coefficient (Wildman–Crippen LogP) is 5.10. The summed E-state index contributed by atoms with van der Waals surface area (Å²) in [5.74, 6) is -0.232. The summed E-state index contributed by atoms with van der Waals surface area (Å²) in [6.07, 6.45) is 0. The summed E-state index contributed by atoms with van der Waals surface area (Å²) >= 11 is 7.31. The first-order valence-corrected chi connectivity index (χ1v) is 8.22. The molecular formula is C17H14ClN3OS. The van der Waals surface area contributed by atoms with E-state index in [0.29, 0.717) is 15.8 Å². The molecule has 2 N–H and O–H groups in total. The number of benzene rings is 2. The zero-order chi connectivity index (χ0) is 16.2. The molecule has 0 bridgehead atoms. The van der Waals surface area contributed by atoms with Crippen molar-refractivity contribution in [3.63, 3.8) is 0 Å². The molecule has 3 aromatic rings. The van der Waals surface area contributed by atoms with E-state index in [1.54, 1.807) is 17.5 Å². The van der Waals surface area contributed by atoms with Gasteiger partial charge in [-0.1, -0.05) is 35.4 Å². The topological polar surface area (TPSA) is 54.0 Å². The van der Waals surface area contributed by atoms with E-state index in [0.717, 1.165) is 16.9 Å². The van der Waals surface area contributed by atoms with Gasteiger partial charge in [0.05, 0.1) is 0 Å². The largest absolute Gasteiger partial charge is 0.331 e. The van der Waals surface area contributed by atoms with Gasteiger partial charge < -0.3 is 10.6 Å². The Kier molecular flexibility index (Phi) is 4.60. The fraction of sp³-hybridized carbons (Fsp3) is 0.0588. The predicted molar refractivity (Wildman–Crippen MR) is 96.0 cm³/mol. The Morgan fingerprint density at radius 3 is 2.65 bits per heavy atom. The van der Waals surface area contributed by atoms with Gasteiger partial charge in [-0.15, -0.1) is 11.3 Å². The average Bonchev–Trinajstić information content (AvgIpc) is 2.98. The van der Waals surface area contributed by atoms with Crippen LogP contribution >= 0.6 is 22.9 Å². The molecule has 0 spiro atoms. The molecule has 0 saturated heterocycles. The van der Waals surface area contributed by atoms with Gasteiger partial charge in [-0.3, -0.25) is 4.79 Å². The highest BCUT2D eigenvalue weighted by atomic mass is 35.5. The standard InChI is InChI=1S/C17H14ClN3OS/c1-11-5-7-13(8-6-11)19-16(22)15-10-23-17(21-15)20-14-4-2-3-12(18)9-14/h2-10H,1H3,(H,19,22)(H,20,21). The minimum absolute atomic E-state index is 0.232. The molecule has 0 saturated carbocycles. The number of nitrogens with zero attached hydrogens (tertiary/aromatic N) is 1. The van der Waals surface area contributed by atoms with Gasteiger partial charge in [-0.05, 0) is 37.3 Å². The van der Waals surface area contributed by atoms with Gasteiger partial charge >= 0.3 is 0 Å². The van der Waals surface area contributed by atoms with Gasteiger partial charge in [-0.25, -0.2) is 4.98 Å². The second kappa shape index (κ2) is 6.81. The van der Waals surface area contributed by atoms with E-state index in [4.69, 9.17) is 11.6 Å². The van der Waals surface area contributed by atoms with Crippen LogP contribution in [0.25, 0.3) is 0 Å². The lowest BCUT2D eigenvalue weighted by Crippen LogP contribution is -2.12. The molecule has 116 valence electrons. The van der Waals surface area contributed by atoms with Crippen molar-refractivity contribution in [2.75, 3.05) is 10.6 Å². The highest BCUT2D eigenvalue weighted by Gasteiger charge is 2.11. The SMILES string of the molecule is Cc1ccc(NC(=O)c2csc(Nc3cccc(Cl)c3)n2)cc1. The number of carbonyl (C=O) groups is 1. The van der Waals surface area contributed by atoms with E-state index in [9.17, 15) is 4.79 Å². The number of thiazole rings is 1. The first kappa shape index (κ1) is 15.5. The van der Waals surface area contributed by atoms with Gasteiger partial charge in [-0.2, -0.15) is 0 Å². The number of rotatable bonds is 4. The molecule has 2 aromatic carbocycles. The summed E-state index contributed by atoms with van der Waals surface area (Å²) < 4.78 is 0. The molecule has 1 amide bonds. The van der Waals surface area contributed by atoms with E-state index < -0.39 is 0 Å². The third kappa shape index (κ3) is 4.09. The number of aromatic nitrogens is 1. The maximum atomic E-state index is 12.2. The van der Waals surface area contributed by atoms with Crippen LogP contribution in [0.4, 0.5) is 16.5 Å². The van der Waals surface area contributed by atoms with Crippen LogP contribution < -0.4 is 10.6 Å². The third-order valence-electron chi connectivity index (χ3n) is 3.12. The lowest BCUT2D eigenvalue weighted by Gasteiger charge is -2.04. The Hall–Kier alpha value is -2.37. The van der Waals surface area contributed by atoms with Crippen molar-refractivity contribution < 1.29 is 4.79 Å². The molecule has 4 nitrogen and oxygen atoms in total. The summed E-state index contributed by atoms with van der Waals surface area (Å²) in [7, 11) is 0. The molecule has 0 atom stereocenters. The number of carbonyl (C=O) groups excluding carboxylic acids is 1. The second-order valence-corrected chi connectivity index (χ2v) is 6.29. The van der Waals surface area contributed by atoms with Gasteiger partial charge in [0.25, 0.3) is 5.91 Å². The number of aryl methyl sites for hydroxylation is 1. The second-order valence-electron chi connectivity index (χ2n) is 4.99. The number of hydrogen-bond donors (Lipinski definition) is 2. The fourth-order valence-corrected chi connectivity index (χ4v) is 2.86. The van der Waals surface area contributed by atoms with E-state index in [-0.39, 0.29) is 5.91 Å². The quantitative estimate of drug-likeness (QED) is 0.692. The average molecular weight is 344 g/mol. The monoisotopic (exact) mass is 343 g/mol. The highest BCUT2D eigenvalue weighted by Crippen LogP contribution is 2.23. The fourth-order valence-electron chi connectivity index (χ4n) is 1.96. The summed E-state index contributed by atoms with van der Waals surface area (Å²) in [5.41, 5.74) is 3.10. The zero-order valence-corrected chi connectivity index (χ0v) is 13.9. The maximum Gasteiger partial charge on any atom is 0.275 e. The Balaban J connectivity index is 1.68. The number of amides is 1. The number of nitrogens with one attached hydrogen (secondary N) is 2. The molecule has 3 rings (SSSR count). The van der Waals surface area contributed by atoms with E-state index in [1.165, 1.54) is 11.3 Å². The molecule has 0 unspecified atom stereocenters. The third-order valence-corrected chi connectivity index (χ3v) is 4.11. The molecular weight excluding hydrogens is 330 g/mol. The zero-order valence-electron chi connectivity index (χ0n) is 12.3. The highest BCUT2D eigenvalue weighted by molar-refractivity contribution is 7.14. The molecule has 0 fully saturated rings. The van der Waals surface area contributed by atoms with Gasteiger partial charge in [0.15, 0.2) is 5.13 Å². The van der Waals surface area contributed by atoms with Crippen LogP contribution in [0, 0.1) is 6.92 Å². The lowest BCUT2D eigenvalue weighted by molar-refractivity contribution is 0.102. The molecule has 1 heterocycles. The summed E-state index contributed by atoms with van der Waals surface area (Å²) in [6.45, 7) is 2.00. The van der Waals surface area contributed by atoms with Gasteiger partial charge in [0.1, 0.15) is 5.69 Å². The Bertz CT molecular complexity index is 830. The van der Waals surface area contributed by atoms with Gasteiger partial charge in [0, 0.05) is 21.8 Å². The minimum Gasteiger partial charge on any atom is -0.331 e. The van der Waals surface area contributed by atoms with Crippen molar-refractivity contribution in [2.45, 2.75) is 6.92 Å². The molecule has 0 aliphatic carbocycles. The summed E-state index contributed by atoms with van der Waals surface area (Å²) in [4.78, 5) is 16.5. The van der Waals surface area contributed by atoms with Crippen molar-refractivity contribution in [3.8, 4) is 0 Å².